The third-order valence-corrected chi connectivity index (χ3v) is 5.58. The largest absolute Gasteiger partial charge is 0.388 e. The fraction of sp³-hybridized carbons (Fsp3) is 0.571. The molecule has 0 spiro atoms. The van der Waals surface area contributed by atoms with Gasteiger partial charge < -0.3 is 10.0 Å². The van der Waals surface area contributed by atoms with Crippen molar-refractivity contribution in [2.45, 2.75) is 31.9 Å². The lowest BCUT2D eigenvalue weighted by Gasteiger charge is -2.26. The second kappa shape index (κ2) is 5.51. The summed E-state index contributed by atoms with van der Waals surface area (Å²) in [6, 6.07) is 7.76. The van der Waals surface area contributed by atoms with E-state index in [1.54, 1.807) is 0 Å². The van der Waals surface area contributed by atoms with E-state index in [4.69, 9.17) is 0 Å². The van der Waals surface area contributed by atoms with Crippen molar-refractivity contribution in [3.05, 3.63) is 29.8 Å². The first-order valence-electron chi connectivity index (χ1n) is 6.64. The molecule has 1 aromatic rings. The minimum Gasteiger partial charge on any atom is -0.388 e. The van der Waals surface area contributed by atoms with Gasteiger partial charge in [-0.15, -0.1) is 0 Å². The minimum absolute atomic E-state index is 0.0620. The van der Waals surface area contributed by atoms with Crippen LogP contribution in [0.15, 0.2) is 24.3 Å². The van der Waals surface area contributed by atoms with Gasteiger partial charge in [0.25, 0.3) is 0 Å². The molecule has 1 saturated heterocycles. The van der Waals surface area contributed by atoms with Crippen LogP contribution in [0, 0.1) is 0 Å². The molecule has 1 N–H and O–H groups in total. The van der Waals surface area contributed by atoms with Crippen LogP contribution in [-0.4, -0.2) is 38.1 Å². The SMILES string of the molecule is CCC(O)c1ccc(N(C)C2CCS(=O)(=O)C2)cc1. The predicted octanol–water partition coefficient (Wildman–Crippen LogP) is 1.75. The zero-order chi connectivity index (χ0) is 14.0. The molecular weight excluding hydrogens is 262 g/mol. The number of nitrogens with zero attached hydrogens (tertiary/aromatic N) is 1. The number of aliphatic hydroxyl groups is 1. The van der Waals surface area contributed by atoms with Gasteiger partial charge in [0, 0.05) is 18.8 Å². The summed E-state index contributed by atoms with van der Waals surface area (Å²) in [5.41, 5.74) is 1.90. The first-order valence-corrected chi connectivity index (χ1v) is 8.46. The first-order chi connectivity index (χ1) is 8.93. The van der Waals surface area contributed by atoms with Crippen molar-refractivity contribution in [3.8, 4) is 0 Å². The van der Waals surface area contributed by atoms with Crippen LogP contribution in [0.4, 0.5) is 5.69 Å². The van der Waals surface area contributed by atoms with Crippen LogP contribution in [0.25, 0.3) is 0 Å². The molecule has 4 nitrogen and oxygen atoms in total. The van der Waals surface area contributed by atoms with Crippen LogP contribution in [-0.2, 0) is 9.84 Å². The van der Waals surface area contributed by atoms with Crippen LogP contribution >= 0.6 is 0 Å². The van der Waals surface area contributed by atoms with Gasteiger partial charge in [-0.05, 0) is 30.5 Å². The molecule has 0 aromatic heterocycles. The highest BCUT2D eigenvalue weighted by Gasteiger charge is 2.30. The summed E-state index contributed by atoms with van der Waals surface area (Å²) in [6.45, 7) is 1.94. The Morgan fingerprint density at radius 2 is 2.00 bits per heavy atom. The van der Waals surface area contributed by atoms with E-state index in [2.05, 4.69) is 0 Å². The normalized spacial score (nSPS) is 23.2. The second-order valence-corrected chi connectivity index (χ2v) is 7.41. The van der Waals surface area contributed by atoms with E-state index < -0.39 is 15.9 Å². The maximum Gasteiger partial charge on any atom is 0.152 e. The quantitative estimate of drug-likeness (QED) is 0.914. The predicted molar refractivity (Wildman–Crippen MR) is 77.2 cm³/mol. The van der Waals surface area contributed by atoms with Gasteiger partial charge in [0.15, 0.2) is 9.84 Å². The van der Waals surface area contributed by atoms with Gasteiger partial charge in [0.2, 0.25) is 0 Å². The molecule has 19 heavy (non-hydrogen) atoms. The van der Waals surface area contributed by atoms with Gasteiger partial charge >= 0.3 is 0 Å². The summed E-state index contributed by atoms with van der Waals surface area (Å²) in [6.07, 6.45) is 0.958. The van der Waals surface area contributed by atoms with Crippen LogP contribution < -0.4 is 4.90 Å². The topological polar surface area (TPSA) is 57.6 Å². The lowest BCUT2D eigenvalue weighted by Crippen LogP contribution is -2.32. The van der Waals surface area contributed by atoms with Crippen molar-refractivity contribution in [2.75, 3.05) is 23.5 Å². The highest BCUT2D eigenvalue weighted by atomic mass is 32.2. The lowest BCUT2D eigenvalue weighted by atomic mass is 10.1. The fourth-order valence-corrected chi connectivity index (χ4v) is 4.23. The Hall–Kier alpha value is -1.07. The average Bonchev–Trinajstić information content (AvgIpc) is 2.77. The summed E-state index contributed by atoms with van der Waals surface area (Å²) in [7, 11) is -0.928. The van der Waals surface area contributed by atoms with Crippen LogP contribution in [0.1, 0.15) is 31.4 Å². The van der Waals surface area contributed by atoms with E-state index in [1.807, 2.05) is 43.1 Å². The van der Waals surface area contributed by atoms with Crippen molar-refractivity contribution >= 4 is 15.5 Å². The molecule has 1 aliphatic rings. The Labute approximate surface area is 115 Å². The van der Waals surface area contributed by atoms with Gasteiger partial charge in [0.1, 0.15) is 0 Å². The molecule has 1 aromatic carbocycles. The summed E-state index contributed by atoms with van der Waals surface area (Å²) in [4.78, 5) is 2.02. The number of benzene rings is 1. The third kappa shape index (κ3) is 3.28. The third-order valence-electron chi connectivity index (χ3n) is 3.83. The van der Waals surface area contributed by atoms with Crippen LogP contribution in [0.3, 0.4) is 0 Å². The maximum absolute atomic E-state index is 11.5. The Morgan fingerprint density at radius 3 is 2.47 bits per heavy atom. The number of anilines is 1. The molecule has 0 aliphatic carbocycles. The summed E-state index contributed by atoms with van der Waals surface area (Å²) in [5, 5.41) is 9.75. The fourth-order valence-electron chi connectivity index (χ4n) is 2.46. The zero-order valence-electron chi connectivity index (χ0n) is 11.4. The molecule has 0 radical (unpaired) electrons. The summed E-state index contributed by atoms with van der Waals surface area (Å²) in [5.74, 6) is 0.525. The van der Waals surface area contributed by atoms with E-state index in [0.717, 1.165) is 11.3 Å². The van der Waals surface area contributed by atoms with E-state index >= 15 is 0 Å². The van der Waals surface area contributed by atoms with E-state index in [-0.39, 0.29) is 17.5 Å². The van der Waals surface area contributed by atoms with Gasteiger partial charge in [-0.1, -0.05) is 19.1 Å². The molecule has 2 rings (SSSR count). The molecule has 0 amide bonds. The van der Waals surface area contributed by atoms with Crippen LogP contribution in [0.2, 0.25) is 0 Å². The monoisotopic (exact) mass is 283 g/mol. The summed E-state index contributed by atoms with van der Waals surface area (Å²) >= 11 is 0. The van der Waals surface area contributed by atoms with Crippen molar-refractivity contribution in [3.63, 3.8) is 0 Å². The van der Waals surface area contributed by atoms with E-state index in [0.29, 0.717) is 12.8 Å². The molecule has 1 aliphatic heterocycles. The first kappa shape index (κ1) is 14.3. The highest BCUT2D eigenvalue weighted by Crippen LogP contribution is 2.25. The number of hydrogen-bond donors (Lipinski definition) is 1. The smallest absolute Gasteiger partial charge is 0.152 e. The molecule has 0 bridgehead atoms. The lowest BCUT2D eigenvalue weighted by molar-refractivity contribution is 0.173. The van der Waals surface area contributed by atoms with Gasteiger partial charge in [0.05, 0.1) is 17.6 Å². The zero-order valence-corrected chi connectivity index (χ0v) is 12.2. The molecule has 1 fully saturated rings. The number of sulfone groups is 1. The van der Waals surface area contributed by atoms with Crippen molar-refractivity contribution in [1.29, 1.82) is 0 Å². The number of hydrogen-bond acceptors (Lipinski definition) is 4. The van der Waals surface area contributed by atoms with Gasteiger partial charge in [-0.25, -0.2) is 8.42 Å². The highest BCUT2D eigenvalue weighted by molar-refractivity contribution is 7.91. The second-order valence-electron chi connectivity index (χ2n) is 5.18. The Morgan fingerprint density at radius 1 is 1.37 bits per heavy atom. The van der Waals surface area contributed by atoms with Crippen LogP contribution in [0.5, 0.6) is 0 Å². The summed E-state index contributed by atoms with van der Waals surface area (Å²) < 4.78 is 23.0. The molecular formula is C14H21NO3S. The van der Waals surface area contributed by atoms with Gasteiger partial charge in [-0.3, -0.25) is 0 Å². The minimum atomic E-state index is -2.86. The molecule has 2 atom stereocenters. The maximum atomic E-state index is 11.5. The Kier molecular flexibility index (Phi) is 4.16. The van der Waals surface area contributed by atoms with E-state index in [1.165, 1.54) is 0 Å². The standard InChI is InChI=1S/C14H21NO3S/c1-3-14(16)11-4-6-12(7-5-11)15(2)13-8-9-19(17,18)10-13/h4-7,13-14,16H,3,8-10H2,1-2H3. The molecule has 0 saturated carbocycles. The van der Waals surface area contributed by atoms with Gasteiger partial charge in [-0.2, -0.15) is 0 Å². The molecule has 1 heterocycles. The Balaban J connectivity index is 2.10. The molecule has 5 heteroatoms. The molecule has 2 unspecified atom stereocenters. The Bertz CT molecular complexity index is 524. The van der Waals surface area contributed by atoms with Crippen molar-refractivity contribution in [2.24, 2.45) is 0 Å². The number of rotatable bonds is 4. The van der Waals surface area contributed by atoms with Crippen molar-refractivity contribution < 1.29 is 13.5 Å². The number of aliphatic hydroxyl groups excluding tert-OH is 1. The molecule has 106 valence electrons. The van der Waals surface area contributed by atoms with Crippen molar-refractivity contribution in [1.82, 2.24) is 0 Å². The van der Waals surface area contributed by atoms with E-state index in [9.17, 15) is 13.5 Å². The average molecular weight is 283 g/mol.